The summed E-state index contributed by atoms with van der Waals surface area (Å²) >= 11 is 5.89. The smallest absolute Gasteiger partial charge is 0.255 e. The van der Waals surface area contributed by atoms with E-state index in [1.54, 1.807) is 30.1 Å². The molecule has 1 aromatic rings. The Morgan fingerprint density at radius 3 is 2.71 bits per heavy atom. The van der Waals surface area contributed by atoms with Crippen molar-refractivity contribution in [1.29, 1.82) is 0 Å². The molecular weight excluding hydrogens is 238 g/mol. The van der Waals surface area contributed by atoms with Gasteiger partial charge in [-0.3, -0.25) is 10.6 Å². The molecule has 94 valence electrons. The summed E-state index contributed by atoms with van der Waals surface area (Å²) in [6.07, 6.45) is 0. The Balaban J connectivity index is 2.98. The molecule has 0 aromatic heterocycles. The average molecular weight is 256 g/mol. The molecule has 4 nitrogen and oxygen atoms in total. The van der Waals surface area contributed by atoms with Crippen molar-refractivity contribution < 1.29 is 4.79 Å². The maximum Gasteiger partial charge on any atom is 0.255 e. The molecule has 5 heteroatoms. The molecule has 0 aliphatic carbocycles. The molecule has 1 amide bonds. The number of halogens is 1. The summed E-state index contributed by atoms with van der Waals surface area (Å²) in [4.78, 5) is 13.8. The molecule has 0 spiro atoms. The lowest BCUT2D eigenvalue weighted by molar-refractivity contribution is 0.0780. The van der Waals surface area contributed by atoms with E-state index in [9.17, 15) is 4.79 Å². The molecule has 0 fully saturated rings. The molecule has 0 radical (unpaired) electrons. The lowest BCUT2D eigenvalue weighted by Gasteiger charge is -2.20. The third kappa shape index (κ3) is 3.61. The van der Waals surface area contributed by atoms with Crippen LogP contribution in [0.25, 0.3) is 0 Å². The van der Waals surface area contributed by atoms with Crippen LogP contribution in [-0.2, 0) is 0 Å². The number of hydrogen-bond donors (Lipinski definition) is 2. The van der Waals surface area contributed by atoms with Crippen molar-refractivity contribution in [3.05, 3.63) is 28.8 Å². The van der Waals surface area contributed by atoms with Gasteiger partial charge in [0, 0.05) is 18.6 Å². The van der Waals surface area contributed by atoms with Crippen LogP contribution in [0.3, 0.4) is 0 Å². The van der Waals surface area contributed by atoms with Crippen LogP contribution in [0.2, 0.25) is 5.02 Å². The van der Waals surface area contributed by atoms with Crippen LogP contribution in [0.4, 0.5) is 5.69 Å². The number of anilines is 1. The fourth-order valence-corrected chi connectivity index (χ4v) is 1.83. The third-order valence-corrected chi connectivity index (χ3v) is 2.59. The fraction of sp³-hybridized carbons (Fsp3) is 0.417. The van der Waals surface area contributed by atoms with Crippen molar-refractivity contribution in [3.63, 3.8) is 0 Å². The number of rotatable bonds is 4. The van der Waals surface area contributed by atoms with E-state index in [1.807, 2.05) is 0 Å². The molecule has 17 heavy (non-hydrogen) atoms. The second-order valence-corrected chi connectivity index (χ2v) is 4.85. The van der Waals surface area contributed by atoms with Crippen LogP contribution in [-0.4, -0.2) is 24.4 Å². The van der Waals surface area contributed by atoms with Gasteiger partial charge in [0.15, 0.2) is 0 Å². The monoisotopic (exact) mass is 255 g/mol. The van der Waals surface area contributed by atoms with Crippen molar-refractivity contribution in [1.82, 2.24) is 4.90 Å². The highest BCUT2D eigenvalue weighted by Gasteiger charge is 2.16. The first-order valence-corrected chi connectivity index (χ1v) is 5.85. The van der Waals surface area contributed by atoms with E-state index in [0.717, 1.165) is 0 Å². The first kappa shape index (κ1) is 13.8. The van der Waals surface area contributed by atoms with Crippen LogP contribution < -0.4 is 11.3 Å². The molecule has 0 aliphatic rings. The van der Waals surface area contributed by atoms with Crippen LogP contribution in [0.5, 0.6) is 0 Å². The highest BCUT2D eigenvalue weighted by molar-refractivity contribution is 6.31. The first-order valence-electron chi connectivity index (χ1n) is 5.47. The quantitative estimate of drug-likeness (QED) is 0.641. The number of amides is 1. The maximum atomic E-state index is 12.2. The summed E-state index contributed by atoms with van der Waals surface area (Å²) in [7, 11) is 1.77. The van der Waals surface area contributed by atoms with Crippen molar-refractivity contribution in [3.8, 4) is 0 Å². The lowest BCUT2D eigenvalue weighted by atomic mass is 10.1. The molecule has 0 heterocycles. The maximum absolute atomic E-state index is 12.2. The zero-order chi connectivity index (χ0) is 13.0. The normalized spacial score (nSPS) is 10.5. The van der Waals surface area contributed by atoms with Crippen molar-refractivity contribution in [2.75, 3.05) is 19.0 Å². The van der Waals surface area contributed by atoms with Gasteiger partial charge in [-0.2, -0.15) is 0 Å². The van der Waals surface area contributed by atoms with Gasteiger partial charge in [0.25, 0.3) is 5.91 Å². The summed E-state index contributed by atoms with van der Waals surface area (Å²) in [5.41, 5.74) is 3.57. The Morgan fingerprint density at radius 1 is 1.53 bits per heavy atom. The van der Waals surface area contributed by atoms with Crippen LogP contribution in [0.1, 0.15) is 24.2 Å². The molecular formula is C12H18ClN3O. The largest absolute Gasteiger partial charge is 0.341 e. The number of nitrogens with two attached hydrogens (primary N) is 1. The summed E-state index contributed by atoms with van der Waals surface area (Å²) in [6.45, 7) is 4.81. The molecule has 0 unspecified atom stereocenters. The van der Waals surface area contributed by atoms with Crippen molar-refractivity contribution in [2.45, 2.75) is 13.8 Å². The summed E-state index contributed by atoms with van der Waals surface area (Å²) < 4.78 is 0. The number of nitrogens with one attached hydrogen (secondary N) is 1. The first-order chi connectivity index (χ1) is 7.95. The summed E-state index contributed by atoms with van der Waals surface area (Å²) in [5, 5.41) is 0.519. The van der Waals surface area contributed by atoms with Gasteiger partial charge in [0.05, 0.1) is 11.3 Å². The lowest BCUT2D eigenvalue weighted by Crippen LogP contribution is -2.31. The van der Waals surface area contributed by atoms with E-state index in [4.69, 9.17) is 17.4 Å². The molecule has 0 saturated heterocycles. The molecule has 0 bridgehead atoms. The number of carbonyl (C=O) groups is 1. The fourth-order valence-electron chi connectivity index (χ4n) is 1.66. The standard InChI is InChI=1S/C12H18ClN3O/c1-8(2)7-16(3)12(17)10-6-9(13)4-5-11(10)15-14/h4-6,8,15H,7,14H2,1-3H3. The van der Waals surface area contributed by atoms with Gasteiger partial charge in [-0.15, -0.1) is 0 Å². The van der Waals surface area contributed by atoms with Gasteiger partial charge in [-0.05, 0) is 24.1 Å². The Morgan fingerprint density at radius 2 is 2.18 bits per heavy atom. The molecule has 1 aromatic carbocycles. The Labute approximate surface area is 107 Å². The summed E-state index contributed by atoms with van der Waals surface area (Å²) in [5.74, 6) is 5.70. The van der Waals surface area contributed by atoms with Gasteiger partial charge in [-0.25, -0.2) is 0 Å². The second kappa shape index (κ2) is 5.89. The number of benzene rings is 1. The predicted octanol–water partition coefficient (Wildman–Crippen LogP) is 2.35. The number of hydrogen-bond acceptors (Lipinski definition) is 3. The summed E-state index contributed by atoms with van der Waals surface area (Å²) in [6, 6.07) is 5.00. The number of nitrogen functional groups attached to an aromatic ring is 1. The minimum Gasteiger partial charge on any atom is -0.341 e. The Kier molecular flexibility index (Phi) is 4.78. The predicted molar refractivity (Wildman–Crippen MR) is 71.1 cm³/mol. The van der Waals surface area contributed by atoms with E-state index in [2.05, 4.69) is 19.3 Å². The highest BCUT2D eigenvalue weighted by Crippen LogP contribution is 2.21. The minimum absolute atomic E-state index is 0.0887. The number of nitrogens with zero attached hydrogens (tertiary/aromatic N) is 1. The molecule has 0 aliphatic heterocycles. The molecule has 0 saturated carbocycles. The van der Waals surface area contributed by atoms with Gasteiger partial charge in [-0.1, -0.05) is 25.4 Å². The van der Waals surface area contributed by atoms with E-state index >= 15 is 0 Å². The van der Waals surface area contributed by atoms with Gasteiger partial charge >= 0.3 is 0 Å². The molecule has 1 rings (SSSR count). The average Bonchev–Trinajstić information content (AvgIpc) is 2.27. The van der Waals surface area contributed by atoms with E-state index in [1.165, 1.54) is 0 Å². The molecule has 3 N–H and O–H groups in total. The van der Waals surface area contributed by atoms with Crippen molar-refractivity contribution >= 4 is 23.2 Å². The van der Waals surface area contributed by atoms with Crippen LogP contribution in [0.15, 0.2) is 18.2 Å². The van der Waals surface area contributed by atoms with Gasteiger partial charge in [0.1, 0.15) is 0 Å². The minimum atomic E-state index is -0.0887. The highest BCUT2D eigenvalue weighted by atomic mass is 35.5. The topological polar surface area (TPSA) is 58.4 Å². The third-order valence-electron chi connectivity index (χ3n) is 2.35. The van der Waals surface area contributed by atoms with Crippen LogP contribution in [0, 0.1) is 5.92 Å². The zero-order valence-corrected chi connectivity index (χ0v) is 11.1. The SMILES string of the molecule is CC(C)CN(C)C(=O)c1cc(Cl)ccc1NN. The van der Waals surface area contributed by atoms with Crippen LogP contribution >= 0.6 is 11.6 Å². The second-order valence-electron chi connectivity index (χ2n) is 4.41. The molecule has 0 atom stereocenters. The van der Waals surface area contributed by atoms with Gasteiger partial charge < -0.3 is 10.3 Å². The number of hydrazine groups is 1. The number of carbonyl (C=O) groups excluding carboxylic acids is 1. The Bertz CT molecular complexity index is 407. The van der Waals surface area contributed by atoms with E-state index < -0.39 is 0 Å². The van der Waals surface area contributed by atoms with E-state index in [0.29, 0.717) is 28.7 Å². The van der Waals surface area contributed by atoms with E-state index in [-0.39, 0.29) is 5.91 Å². The zero-order valence-electron chi connectivity index (χ0n) is 10.3. The Hall–Kier alpha value is -1.26. The van der Waals surface area contributed by atoms with Gasteiger partial charge in [0.2, 0.25) is 0 Å². The van der Waals surface area contributed by atoms with Crippen molar-refractivity contribution in [2.24, 2.45) is 11.8 Å².